The van der Waals surface area contributed by atoms with E-state index in [0.717, 1.165) is 54.9 Å². The van der Waals surface area contributed by atoms with Gasteiger partial charge in [0.1, 0.15) is 5.65 Å². The molecule has 5 heterocycles. The molecule has 0 aliphatic carbocycles. The van der Waals surface area contributed by atoms with Gasteiger partial charge in [0.05, 0.1) is 16.7 Å². The van der Waals surface area contributed by atoms with E-state index in [4.69, 9.17) is 0 Å². The lowest BCUT2D eigenvalue weighted by molar-refractivity contribution is 0.249. The number of nitrogens with one attached hydrogen (secondary N) is 1. The topological polar surface area (TPSA) is 69.5 Å². The van der Waals surface area contributed by atoms with Gasteiger partial charge in [-0.3, -0.25) is 14.7 Å². The molecule has 0 saturated carbocycles. The molecule has 1 fully saturated rings. The maximum atomic E-state index is 14.5. The van der Waals surface area contributed by atoms with Gasteiger partial charge in [0.15, 0.2) is 5.82 Å². The third-order valence-corrected chi connectivity index (χ3v) is 5.79. The minimum absolute atomic E-state index is 0.0468. The molecule has 1 aliphatic rings. The predicted octanol–water partition coefficient (Wildman–Crippen LogP) is 2.59. The molecule has 30 heavy (non-hydrogen) atoms. The first kappa shape index (κ1) is 18.7. The smallest absolute Gasteiger partial charge is 0.251 e. The number of H-pyrrole nitrogens is 1. The number of hydrogen-bond acceptors (Lipinski definition) is 5. The fraction of sp³-hybridized carbons (Fsp3) is 0.318. The Kier molecular flexibility index (Phi) is 4.71. The van der Waals surface area contributed by atoms with Crippen LogP contribution in [-0.4, -0.2) is 50.4 Å². The summed E-state index contributed by atoms with van der Waals surface area (Å²) >= 11 is 0. The van der Waals surface area contributed by atoms with E-state index in [2.05, 4.69) is 24.8 Å². The van der Waals surface area contributed by atoms with Gasteiger partial charge in [0.25, 0.3) is 5.56 Å². The first-order chi connectivity index (χ1) is 14.6. The van der Waals surface area contributed by atoms with Crippen molar-refractivity contribution in [2.75, 3.05) is 31.1 Å². The van der Waals surface area contributed by atoms with Crippen molar-refractivity contribution in [1.29, 1.82) is 0 Å². The Hall–Kier alpha value is -3.26. The van der Waals surface area contributed by atoms with Crippen LogP contribution >= 0.6 is 0 Å². The number of pyridine rings is 3. The number of halogens is 1. The van der Waals surface area contributed by atoms with E-state index in [9.17, 15) is 9.18 Å². The molecule has 0 bridgehead atoms. The van der Waals surface area contributed by atoms with E-state index >= 15 is 0 Å². The Labute approximate surface area is 172 Å². The van der Waals surface area contributed by atoms with Crippen molar-refractivity contribution in [2.45, 2.75) is 19.9 Å². The minimum Gasteiger partial charge on any atom is -0.365 e. The van der Waals surface area contributed by atoms with Crippen molar-refractivity contribution in [3.05, 3.63) is 70.3 Å². The van der Waals surface area contributed by atoms with E-state index < -0.39 is 0 Å². The highest BCUT2D eigenvalue weighted by Gasteiger charge is 2.20. The largest absolute Gasteiger partial charge is 0.365 e. The summed E-state index contributed by atoms with van der Waals surface area (Å²) in [5, 5.41) is 0. The molecule has 0 radical (unpaired) electrons. The van der Waals surface area contributed by atoms with Crippen LogP contribution in [0.2, 0.25) is 0 Å². The number of aromatic amines is 1. The molecule has 0 aromatic carbocycles. The monoisotopic (exact) mass is 406 g/mol. The van der Waals surface area contributed by atoms with Crippen molar-refractivity contribution in [1.82, 2.24) is 24.3 Å². The Morgan fingerprint density at radius 2 is 1.97 bits per heavy atom. The Morgan fingerprint density at radius 3 is 2.77 bits per heavy atom. The van der Waals surface area contributed by atoms with Gasteiger partial charge in [0, 0.05) is 69.1 Å². The van der Waals surface area contributed by atoms with Gasteiger partial charge in [-0.25, -0.2) is 9.37 Å². The number of nitrogens with zero attached hydrogens (tertiary/aromatic N) is 5. The van der Waals surface area contributed by atoms with Crippen LogP contribution in [0.15, 0.2) is 47.8 Å². The van der Waals surface area contributed by atoms with Crippen molar-refractivity contribution < 1.29 is 4.39 Å². The average Bonchev–Trinajstić information content (AvgIpc) is 3.20. The lowest BCUT2D eigenvalue weighted by atomic mass is 10.1. The molecule has 0 atom stereocenters. The highest BCUT2D eigenvalue weighted by Crippen LogP contribution is 2.22. The second kappa shape index (κ2) is 7.53. The van der Waals surface area contributed by atoms with Crippen molar-refractivity contribution >= 4 is 22.4 Å². The van der Waals surface area contributed by atoms with Crippen LogP contribution in [-0.2, 0) is 13.0 Å². The molecular weight excluding hydrogens is 383 g/mol. The van der Waals surface area contributed by atoms with Crippen LogP contribution in [0.3, 0.4) is 0 Å². The zero-order valence-corrected chi connectivity index (χ0v) is 16.8. The molecule has 5 rings (SSSR count). The normalized spacial score (nSPS) is 15.3. The third-order valence-electron chi connectivity index (χ3n) is 5.79. The average molecular weight is 406 g/mol. The molecular formula is C22H23FN6O. The summed E-state index contributed by atoms with van der Waals surface area (Å²) in [6.45, 7) is 5.85. The van der Waals surface area contributed by atoms with E-state index in [0.29, 0.717) is 17.8 Å². The number of piperazine rings is 1. The zero-order valence-electron chi connectivity index (χ0n) is 16.8. The van der Waals surface area contributed by atoms with E-state index in [1.54, 1.807) is 6.20 Å². The summed E-state index contributed by atoms with van der Waals surface area (Å²) in [6, 6.07) is 5.34. The molecule has 4 aromatic heterocycles. The molecule has 0 spiro atoms. The van der Waals surface area contributed by atoms with Crippen LogP contribution in [0.1, 0.15) is 18.1 Å². The molecule has 7 nitrogen and oxygen atoms in total. The fourth-order valence-corrected chi connectivity index (χ4v) is 4.08. The maximum Gasteiger partial charge on any atom is 0.251 e. The molecule has 1 saturated heterocycles. The number of rotatable bonds is 4. The standard InChI is InChI=1S/C22H23FN6O/c1-2-16-10-18-19(26-22(16)30)9-15(12-25-18)13-27-5-7-28(8-6-27)20-14-29-4-3-24-21(29)11-17(20)23/h3-4,9-12,14H,2,5-8,13H2,1H3,(H,26,30). The molecule has 154 valence electrons. The van der Waals surface area contributed by atoms with Gasteiger partial charge in [-0.2, -0.15) is 0 Å². The number of imidazole rings is 1. The van der Waals surface area contributed by atoms with Crippen LogP contribution in [0, 0.1) is 5.82 Å². The maximum absolute atomic E-state index is 14.5. The number of fused-ring (bicyclic) bond motifs is 2. The van der Waals surface area contributed by atoms with Crippen LogP contribution < -0.4 is 10.5 Å². The number of aryl methyl sites for hydroxylation is 1. The lowest BCUT2D eigenvalue weighted by Crippen LogP contribution is -2.46. The predicted molar refractivity (Wildman–Crippen MR) is 114 cm³/mol. The fourth-order valence-electron chi connectivity index (χ4n) is 4.08. The minimum atomic E-state index is -0.240. The van der Waals surface area contributed by atoms with Gasteiger partial charge >= 0.3 is 0 Å². The molecule has 8 heteroatoms. The second-order valence-corrected chi connectivity index (χ2v) is 7.72. The van der Waals surface area contributed by atoms with Crippen molar-refractivity contribution in [3.8, 4) is 0 Å². The second-order valence-electron chi connectivity index (χ2n) is 7.72. The first-order valence-electron chi connectivity index (χ1n) is 10.2. The summed E-state index contributed by atoms with van der Waals surface area (Å²) in [5.74, 6) is -0.240. The highest BCUT2D eigenvalue weighted by atomic mass is 19.1. The first-order valence-corrected chi connectivity index (χ1v) is 10.2. The van der Waals surface area contributed by atoms with Gasteiger partial charge in [-0.15, -0.1) is 0 Å². The molecule has 1 N–H and O–H groups in total. The van der Waals surface area contributed by atoms with Crippen LogP contribution in [0.4, 0.5) is 10.1 Å². The Morgan fingerprint density at radius 1 is 1.13 bits per heavy atom. The Bertz CT molecular complexity index is 1270. The van der Waals surface area contributed by atoms with E-state index in [1.807, 2.05) is 42.0 Å². The molecule has 0 unspecified atom stereocenters. The van der Waals surface area contributed by atoms with Crippen molar-refractivity contribution in [3.63, 3.8) is 0 Å². The SMILES string of the molecule is CCc1cc2ncc(CN3CCN(c4cn5ccnc5cc4F)CC3)cc2[nH]c1=O. The quantitative estimate of drug-likeness (QED) is 0.564. The molecule has 0 amide bonds. The third kappa shape index (κ3) is 3.43. The highest BCUT2D eigenvalue weighted by molar-refractivity contribution is 5.74. The molecule has 4 aromatic rings. The summed E-state index contributed by atoms with van der Waals surface area (Å²) in [4.78, 5) is 28.1. The molecule has 1 aliphatic heterocycles. The van der Waals surface area contributed by atoms with Gasteiger partial charge in [0.2, 0.25) is 0 Å². The van der Waals surface area contributed by atoms with Crippen molar-refractivity contribution in [2.24, 2.45) is 0 Å². The van der Waals surface area contributed by atoms with Gasteiger partial charge in [-0.1, -0.05) is 6.92 Å². The van der Waals surface area contributed by atoms with E-state index in [1.165, 1.54) is 6.07 Å². The Balaban J connectivity index is 1.28. The number of hydrogen-bond donors (Lipinski definition) is 1. The zero-order chi connectivity index (χ0) is 20.7. The lowest BCUT2D eigenvalue weighted by Gasteiger charge is -2.36. The van der Waals surface area contributed by atoms with Crippen LogP contribution in [0.25, 0.3) is 16.7 Å². The van der Waals surface area contributed by atoms with Crippen LogP contribution in [0.5, 0.6) is 0 Å². The summed E-state index contributed by atoms with van der Waals surface area (Å²) < 4.78 is 16.4. The number of aromatic nitrogens is 4. The van der Waals surface area contributed by atoms with Gasteiger partial charge in [-0.05, 0) is 24.1 Å². The van der Waals surface area contributed by atoms with Gasteiger partial charge < -0.3 is 14.3 Å². The van der Waals surface area contributed by atoms with E-state index in [-0.39, 0.29) is 11.4 Å². The summed E-state index contributed by atoms with van der Waals surface area (Å²) in [5.41, 5.74) is 4.56. The number of anilines is 1. The summed E-state index contributed by atoms with van der Waals surface area (Å²) in [7, 11) is 0. The summed E-state index contributed by atoms with van der Waals surface area (Å²) in [6.07, 6.45) is 7.87.